The van der Waals surface area contributed by atoms with E-state index < -0.39 is 11.9 Å². The monoisotopic (exact) mass is 266 g/mol. The van der Waals surface area contributed by atoms with Crippen molar-refractivity contribution in [2.75, 3.05) is 0 Å². The Kier molecular flexibility index (Phi) is 4.81. The van der Waals surface area contributed by atoms with E-state index in [1.165, 1.54) is 25.3 Å². The van der Waals surface area contributed by atoms with Crippen molar-refractivity contribution in [3.05, 3.63) is 29.6 Å². The van der Waals surface area contributed by atoms with E-state index >= 15 is 0 Å². The van der Waals surface area contributed by atoms with Crippen LogP contribution in [0.5, 0.6) is 5.75 Å². The molecule has 1 N–H and O–H groups in total. The Labute approximate surface area is 114 Å². The van der Waals surface area contributed by atoms with Crippen LogP contribution in [0.3, 0.4) is 0 Å². The summed E-state index contributed by atoms with van der Waals surface area (Å²) in [4.78, 5) is 0. The van der Waals surface area contributed by atoms with E-state index in [2.05, 4.69) is 6.92 Å². The van der Waals surface area contributed by atoms with Crippen molar-refractivity contribution in [3.8, 4) is 5.75 Å². The van der Waals surface area contributed by atoms with Crippen LogP contribution in [0.15, 0.2) is 18.2 Å². The molecule has 3 atom stereocenters. The van der Waals surface area contributed by atoms with Gasteiger partial charge in [-0.1, -0.05) is 19.8 Å². The molecule has 0 bridgehead atoms. The second-order valence-electron chi connectivity index (χ2n) is 5.54. The second kappa shape index (κ2) is 6.38. The van der Waals surface area contributed by atoms with Gasteiger partial charge in [0.25, 0.3) is 0 Å². The van der Waals surface area contributed by atoms with Gasteiger partial charge in [0.05, 0.1) is 12.2 Å². The van der Waals surface area contributed by atoms with E-state index in [4.69, 9.17) is 4.74 Å². The van der Waals surface area contributed by atoms with Gasteiger partial charge in [0.1, 0.15) is 11.6 Å². The van der Waals surface area contributed by atoms with Crippen LogP contribution in [0.4, 0.5) is 4.39 Å². The molecule has 1 aromatic rings. The molecule has 0 heterocycles. The molecule has 19 heavy (non-hydrogen) atoms. The third-order valence-corrected chi connectivity index (χ3v) is 4.04. The van der Waals surface area contributed by atoms with Gasteiger partial charge in [0.15, 0.2) is 0 Å². The second-order valence-corrected chi connectivity index (χ2v) is 5.54. The number of rotatable bonds is 4. The van der Waals surface area contributed by atoms with Crippen molar-refractivity contribution < 1.29 is 14.2 Å². The Balaban J connectivity index is 2.01. The van der Waals surface area contributed by atoms with Gasteiger partial charge in [-0.3, -0.25) is 0 Å². The van der Waals surface area contributed by atoms with Gasteiger partial charge in [-0.05, 0) is 44.2 Å². The first kappa shape index (κ1) is 14.3. The predicted octanol–water partition coefficient (Wildman–Crippen LogP) is 4.23. The number of aliphatic hydroxyl groups is 1. The molecule has 0 radical (unpaired) electrons. The topological polar surface area (TPSA) is 29.5 Å². The quantitative estimate of drug-likeness (QED) is 0.883. The van der Waals surface area contributed by atoms with Gasteiger partial charge < -0.3 is 9.84 Å². The van der Waals surface area contributed by atoms with E-state index in [0.717, 1.165) is 18.8 Å². The van der Waals surface area contributed by atoms with Gasteiger partial charge in [0, 0.05) is 11.6 Å². The molecule has 0 amide bonds. The molecule has 1 saturated carbocycles. The number of halogens is 1. The van der Waals surface area contributed by atoms with Crippen LogP contribution in [0.25, 0.3) is 0 Å². The highest BCUT2D eigenvalue weighted by Gasteiger charge is 2.22. The minimum absolute atomic E-state index is 0.204. The number of hydrogen-bond donors (Lipinski definition) is 1. The van der Waals surface area contributed by atoms with Crippen molar-refractivity contribution in [2.45, 2.75) is 58.2 Å². The summed E-state index contributed by atoms with van der Waals surface area (Å²) in [7, 11) is 0. The van der Waals surface area contributed by atoms with Crippen LogP contribution in [0.2, 0.25) is 0 Å². The maximum absolute atomic E-state index is 13.8. The molecule has 1 aliphatic carbocycles. The molecule has 1 aliphatic rings. The molecule has 1 fully saturated rings. The molecule has 106 valence electrons. The first-order chi connectivity index (χ1) is 9.10. The van der Waals surface area contributed by atoms with Crippen LogP contribution < -0.4 is 4.74 Å². The fourth-order valence-electron chi connectivity index (χ4n) is 2.83. The lowest BCUT2D eigenvalue weighted by atomic mass is 9.85. The molecular weight excluding hydrogens is 243 g/mol. The lowest BCUT2D eigenvalue weighted by Gasteiger charge is -2.29. The normalized spacial score (nSPS) is 25.1. The Morgan fingerprint density at radius 2 is 2.21 bits per heavy atom. The predicted molar refractivity (Wildman–Crippen MR) is 73.7 cm³/mol. The van der Waals surface area contributed by atoms with Gasteiger partial charge in [-0.25, -0.2) is 4.39 Å². The van der Waals surface area contributed by atoms with Crippen LogP contribution in [-0.2, 0) is 0 Å². The molecule has 2 rings (SSSR count). The summed E-state index contributed by atoms with van der Waals surface area (Å²) in [5, 5.41) is 9.40. The highest BCUT2D eigenvalue weighted by Crippen LogP contribution is 2.30. The zero-order valence-electron chi connectivity index (χ0n) is 11.7. The zero-order chi connectivity index (χ0) is 13.8. The van der Waals surface area contributed by atoms with Crippen molar-refractivity contribution in [1.29, 1.82) is 0 Å². The van der Waals surface area contributed by atoms with E-state index in [1.807, 2.05) is 0 Å². The fraction of sp³-hybridized carbons (Fsp3) is 0.625. The van der Waals surface area contributed by atoms with Crippen molar-refractivity contribution in [3.63, 3.8) is 0 Å². The van der Waals surface area contributed by atoms with Gasteiger partial charge in [0.2, 0.25) is 0 Å². The number of aliphatic hydroxyl groups excluding tert-OH is 1. The molecule has 1 aromatic carbocycles. The molecule has 0 aromatic heterocycles. The van der Waals surface area contributed by atoms with E-state index in [-0.39, 0.29) is 6.10 Å². The summed E-state index contributed by atoms with van der Waals surface area (Å²) < 4.78 is 19.6. The number of hydrogen-bond acceptors (Lipinski definition) is 2. The van der Waals surface area contributed by atoms with Crippen LogP contribution in [-0.4, -0.2) is 11.2 Å². The molecule has 0 aliphatic heterocycles. The smallest absolute Gasteiger partial charge is 0.132 e. The first-order valence-corrected chi connectivity index (χ1v) is 7.24. The third kappa shape index (κ3) is 3.69. The minimum atomic E-state index is -0.784. The van der Waals surface area contributed by atoms with E-state index in [1.54, 1.807) is 19.1 Å². The maximum Gasteiger partial charge on any atom is 0.132 e. The lowest BCUT2D eigenvalue weighted by molar-refractivity contribution is 0.121. The summed E-state index contributed by atoms with van der Waals surface area (Å²) in [6.45, 7) is 3.77. The largest absolute Gasteiger partial charge is 0.490 e. The minimum Gasteiger partial charge on any atom is -0.490 e. The van der Waals surface area contributed by atoms with Crippen LogP contribution in [0, 0.1) is 11.7 Å². The van der Waals surface area contributed by atoms with Gasteiger partial charge in [-0.15, -0.1) is 0 Å². The Morgan fingerprint density at radius 1 is 1.42 bits per heavy atom. The van der Waals surface area contributed by atoms with Crippen LogP contribution in [0.1, 0.15) is 57.6 Å². The lowest BCUT2D eigenvalue weighted by Crippen LogP contribution is -2.25. The summed E-state index contributed by atoms with van der Waals surface area (Å²) in [5.74, 6) is 0.916. The average Bonchev–Trinajstić information content (AvgIpc) is 2.38. The summed E-state index contributed by atoms with van der Waals surface area (Å²) in [6, 6.07) is 4.74. The molecule has 0 spiro atoms. The average molecular weight is 266 g/mol. The molecule has 0 saturated heterocycles. The highest BCUT2D eigenvalue weighted by molar-refractivity contribution is 5.30. The van der Waals surface area contributed by atoms with Crippen molar-refractivity contribution >= 4 is 0 Å². The van der Waals surface area contributed by atoms with Crippen LogP contribution >= 0.6 is 0 Å². The maximum atomic E-state index is 13.8. The van der Waals surface area contributed by atoms with Crippen molar-refractivity contribution in [2.24, 2.45) is 5.92 Å². The standard InChI is InChI=1S/C16H23FO2/c1-3-12-5-4-6-13(9-12)19-14-7-8-15(11(2)18)16(17)10-14/h7-8,10-13,18H,3-6,9H2,1-2H3. The Morgan fingerprint density at radius 3 is 2.84 bits per heavy atom. The summed E-state index contributed by atoms with van der Waals surface area (Å²) >= 11 is 0. The van der Waals surface area contributed by atoms with Crippen molar-refractivity contribution in [1.82, 2.24) is 0 Å². The molecular formula is C16H23FO2. The first-order valence-electron chi connectivity index (χ1n) is 7.24. The fourth-order valence-corrected chi connectivity index (χ4v) is 2.83. The Hall–Kier alpha value is -1.09. The van der Waals surface area contributed by atoms with Gasteiger partial charge >= 0.3 is 0 Å². The third-order valence-electron chi connectivity index (χ3n) is 4.04. The Bertz CT molecular complexity index is 417. The molecule has 3 unspecified atom stereocenters. The number of ether oxygens (including phenoxy) is 1. The number of benzene rings is 1. The highest BCUT2D eigenvalue weighted by atomic mass is 19.1. The zero-order valence-corrected chi connectivity index (χ0v) is 11.7. The summed E-state index contributed by atoms with van der Waals surface area (Å²) in [6.07, 6.45) is 5.20. The SMILES string of the molecule is CCC1CCCC(Oc2ccc(C(C)O)c(F)c2)C1. The van der Waals surface area contributed by atoms with E-state index in [0.29, 0.717) is 11.3 Å². The molecule has 3 heteroatoms. The van der Waals surface area contributed by atoms with Gasteiger partial charge in [-0.2, -0.15) is 0 Å². The summed E-state index contributed by atoms with van der Waals surface area (Å²) in [5.41, 5.74) is 0.322. The van der Waals surface area contributed by atoms with E-state index in [9.17, 15) is 9.50 Å². The molecule has 2 nitrogen and oxygen atoms in total.